The van der Waals surface area contributed by atoms with E-state index in [1.54, 1.807) is 18.7 Å². The first kappa shape index (κ1) is 14.6. The molecule has 0 aromatic carbocycles. The molecule has 0 spiro atoms. The molecule has 118 valence electrons. The summed E-state index contributed by atoms with van der Waals surface area (Å²) in [4.78, 5) is 14.0. The van der Waals surface area contributed by atoms with Crippen LogP contribution in [-0.4, -0.2) is 49.0 Å². The molecule has 0 atom stereocenters. The van der Waals surface area contributed by atoms with Gasteiger partial charge >= 0.3 is 6.03 Å². The molecule has 2 N–H and O–H groups in total. The number of anilines is 1. The lowest BCUT2D eigenvalue weighted by Gasteiger charge is -2.31. The lowest BCUT2D eigenvalue weighted by molar-refractivity contribution is 0.192. The molecule has 2 aromatic heterocycles. The first-order valence-electron chi connectivity index (χ1n) is 7.59. The number of hydrogen-bond donors (Lipinski definition) is 2. The Hall–Kier alpha value is -2.38. The molecule has 22 heavy (non-hydrogen) atoms. The van der Waals surface area contributed by atoms with Crippen molar-refractivity contribution in [1.82, 2.24) is 29.9 Å². The largest absolute Gasteiger partial charge is 0.324 e. The van der Waals surface area contributed by atoms with Gasteiger partial charge in [-0.1, -0.05) is 0 Å². The van der Waals surface area contributed by atoms with Crippen LogP contribution in [0.25, 0.3) is 0 Å². The van der Waals surface area contributed by atoms with E-state index in [1.807, 2.05) is 4.90 Å². The molecule has 0 bridgehead atoms. The van der Waals surface area contributed by atoms with Crippen molar-refractivity contribution in [2.24, 2.45) is 0 Å². The van der Waals surface area contributed by atoms with Crippen LogP contribution in [0.4, 0.5) is 10.5 Å². The summed E-state index contributed by atoms with van der Waals surface area (Å²) >= 11 is 0. The van der Waals surface area contributed by atoms with Crippen LogP contribution in [0.2, 0.25) is 0 Å². The Balaban J connectivity index is 1.58. The summed E-state index contributed by atoms with van der Waals surface area (Å²) in [6.07, 6.45) is 6.86. The predicted octanol–water partition coefficient (Wildman–Crippen LogP) is 1.99. The molecule has 3 heterocycles. The third-order valence-electron chi connectivity index (χ3n) is 4.05. The zero-order valence-corrected chi connectivity index (χ0v) is 12.9. The van der Waals surface area contributed by atoms with Crippen LogP contribution in [0.3, 0.4) is 0 Å². The number of aromatic amines is 1. The van der Waals surface area contributed by atoms with Crippen LogP contribution in [0.15, 0.2) is 18.7 Å². The summed E-state index contributed by atoms with van der Waals surface area (Å²) in [6, 6.07) is 0.276. The van der Waals surface area contributed by atoms with E-state index in [0.717, 1.165) is 31.8 Å². The quantitative estimate of drug-likeness (QED) is 0.907. The van der Waals surface area contributed by atoms with Crippen LogP contribution in [0, 0.1) is 0 Å². The maximum Gasteiger partial charge on any atom is 0.321 e. The number of likely N-dealkylation sites (tertiary alicyclic amines) is 1. The summed E-state index contributed by atoms with van der Waals surface area (Å²) in [5, 5.41) is 17.6. The van der Waals surface area contributed by atoms with Crippen molar-refractivity contribution in [3.8, 4) is 0 Å². The molecule has 8 nitrogen and oxygen atoms in total. The number of carbonyl (C=O) groups is 1. The Morgan fingerprint density at radius 3 is 2.82 bits per heavy atom. The van der Waals surface area contributed by atoms with Crippen LogP contribution in [-0.2, 0) is 0 Å². The van der Waals surface area contributed by atoms with Crippen molar-refractivity contribution in [1.29, 1.82) is 0 Å². The summed E-state index contributed by atoms with van der Waals surface area (Å²) in [6.45, 7) is 5.69. The minimum atomic E-state index is -0.0785. The van der Waals surface area contributed by atoms with Crippen LogP contribution in [0.5, 0.6) is 0 Å². The summed E-state index contributed by atoms with van der Waals surface area (Å²) < 4.78 is 2.12. The molecule has 1 aliphatic heterocycles. The average molecular weight is 303 g/mol. The number of nitrogens with zero attached hydrogens (tertiary/aromatic N) is 5. The van der Waals surface area contributed by atoms with E-state index in [2.05, 4.69) is 44.1 Å². The molecule has 3 rings (SSSR count). The van der Waals surface area contributed by atoms with Gasteiger partial charge in [0.25, 0.3) is 0 Å². The number of amides is 2. The van der Waals surface area contributed by atoms with Crippen molar-refractivity contribution in [3.63, 3.8) is 0 Å². The van der Waals surface area contributed by atoms with E-state index in [4.69, 9.17) is 0 Å². The third-order valence-corrected chi connectivity index (χ3v) is 4.05. The summed E-state index contributed by atoms with van der Waals surface area (Å²) in [5.41, 5.74) is 0.687. The number of urea groups is 1. The van der Waals surface area contributed by atoms with Gasteiger partial charge in [0.1, 0.15) is 12.2 Å². The normalized spacial score (nSPS) is 16.2. The predicted molar refractivity (Wildman–Crippen MR) is 81.6 cm³/mol. The molecule has 0 unspecified atom stereocenters. The molecule has 2 amide bonds. The molecule has 1 fully saturated rings. The monoisotopic (exact) mass is 303 g/mol. The van der Waals surface area contributed by atoms with Crippen molar-refractivity contribution in [3.05, 3.63) is 24.5 Å². The first-order valence-corrected chi connectivity index (χ1v) is 7.59. The van der Waals surface area contributed by atoms with Crippen molar-refractivity contribution < 1.29 is 4.79 Å². The van der Waals surface area contributed by atoms with Gasteiger partial charge in [0.15, 0.2) is 0 Å². The molecule has 0 saturated carbocycles. The highest BCUT2D eigenvalue weighted by molar-refractivity contribution is 5.89. The second-order valence-corrected chi connectivity index (χ2v) is 5.87. The van der Waals surface area contributed by atoms with Gasteiger partial charge in [-0.3, -0.25) is 5.10 Å². The highest BCUT2D eigenvalue weighted by Crippen LogP contribution is 2.28. The third kappa shape index (κ3) is 2.95. The van der Waals surface area contributed by atoms with Gasteiger partial charge in [0.2, 0.25) is 0 Å². The lowest BCUT2D eigenvalue weighted by Crippen LogP contribution is -2.40. The second-order valence-electron chi connectivity index (χ2n) is 5.87. The molecule has 1 aliphatic rings. The standard InChI is InChI=1S/C14H21N7O/c1-10(2)21-9-17-19-13(21)11-3-5-20(6-4-11)14(22)18-12-7-15-16-8-12/h7-11H,3-6H2,1-2H3,(H,15,16)(H,18,22). The first-order chi connectivity index (χ1) is 10.6. The second kappa shape index (κ2) is 6.17. The van der Waals surface area contributed by atoms with Gasteiger partial charge < -0.3 is 14.8 Å². The Morgan fingerprint density at radius 1 is 1.41 bits per heavy atom. The Morgan fingerprint density at radius 2 is 2.18 bits per heavy atom. The molecule has 1 saturated heterocycles. The number of piperidine rings is 1. The summed E-state index contributed by atoms with van der Waals surface area (Å²) in [7, 11) is 0. The zero-order valence-electron chi connectivity index (χ0n) is 12.9. The number of aromatic nitrogens is 5. The lowest BCUT2D eigenvalue weighted by atomic mass is 9.96. The van der Waals surface area contributed by atoms with Crippen molar-refractivity contribution in [2.45, 2.75) is 38.6 Å². The Kier molecular flexibility index (Phi) is 4.08. The highest BCUT2D eigenvalue weighted by Gasteiger charge is 2.27. The Bertz CT molecular complexity index is 611. The van der Waals surface area contributed by atoms with E-state index in [9.17, 15) is 4.79 Å². The van der Waals surface area contributed by atoms with Crippen molar-refractivity contribution >= 4 is 11.7 Å². The maximum absolute atomic E-state index is 12.2. The van der Waals surface area contributed by atoms with E-state index < -0.39 is 0 Å². The molecule has 8 heteroatoms. The van der Waals surface area contributed by atoms with Crippen molar-refractivity contribution in [2.75, 3.05) is 18.4 Å². The van der Waals surface area contributed by atoms with Gasteiger partial charge in [-0.25, -0.2) is 4.79 Å². The average Bonchev–Trinajstić information content (AvgIpc) is 3.18. The minimum Gasteiger partial charge on any atom is -0.324 e. The van der Waals surface area contributed by atoms with E-state index in [0.29, 0.717) is 17.6 Å². The number of nitrogens with one attached hydrogen (secondary N) is 2. The van der Waals surface area contributed by atoms with E-state index >= 15 is 0 Å². The highest BCUT2D eigenvalue weighted by atomic mass is 16.2. The molecule has 0 radical (unpaired) electrons. The molecular formula is C14H21N7O. The van der Waals surface area contributed by atoms with Gasteiger partial charge in [-0.15, -0.1) is 10.2 Å². The minimum absolute atomic E-state index is 0.0785. The fraction of sp³-hybridized carbons (Fsp3) is 0.571. The van der Waals surface area contributed by atoms with E-state index in [-0.39, 0.29) is 6.03 Å². The maximum atomic E-state index is 12.2. The van der Waals surface area contributed by atoms with Gasteiger partial charge in [-0.2, -0.15) is 5.10 Å². The van der Waals surface area contributed by atoms with Gasteiger partial charge in [0, 0.05) is 31.2 Å². The van der Waals surface area contributed by atoms with Crippen LogP contribution < -0.4 is 5.32 Å². The topological polar surface area (TPSA) is 91.7 Å². The molecule has 0 aliphatic carbocycles. The Labute approximate surface area is 128 Å². The number of rotatable bonds is 3. The molecular weight excluding hydrogens is 282 g/mol. The number of hydrogen-bond acceptors (Lipinski definition) is 4. The zero-order chi connectivity index (χ0) is 15.5. The van der Waals surface area contributed by atoms with Gasteiger partial charge in [0.05, 0.1) is 11.9 Å². The fourth-order valence-corrected chi connectivity index (χ4v) is 2.80. The SMILES string of the molecule is CC(C)n1cnnc1C1CCN(C(=O)Nc2cn[nH]c2)CC1. The smallest absolute Gasteiger partial charge is 0.321 e. The number of carbonyl (C=O) groups excluding carboxylic acids is 1. The number of H-pyrrole nitrogens is 1. The molecule has 2 aromatic rings. The fourth-order valence-electron chi connectivity index (χ4n) is 2.80. The van der Waals surface area contributed by atoms with Gasteiger partial charge in [-0.05, 0) is 26.7 Å². The van der Waals surface area contributed by atoms with Crippen LogP contribution in [0.1, 0.15) is 44.5 Å². The summed E-state index contributed by atoms with van der Waals surface area (Å²) in [5.74, 6) is 1.40. The van der Waals surface area contributed by atoms with Crippen LogP contribution >= 0.6 is 0 Å². The van der Waals surface area contributed by atoms with E-state index in [1.165, 1.54) is 0 Å².